The average molecular weight is 328 g/mol. The number of aromatic nitrogens is 2. The Morgan fingerprint density at radius 3 is 2.83 bits per heavy atom. The van der Waals surface area contributed by atoms with Gasteiger partial charge in [-0.15, -0.1) is 11.3 Å². The molecule has 3 aromatic rings. The number of nitrogens with zero attached hydrogens (tertiary/aromatic N) is 2. The van der Waals surface area contributed by atoms with Crippen molar-refractivity contribution in [2.24, 2.45) is 0 Å². The molecule has 1 amide bonds. The predicted molar refractivity (Wildman–Crippen MR) is 87.9 cm³/mol. The van der Waals surface area contributed by atoms with E-state index in [-0.39, 0.29) is 11.5 Å². The molecule has 0 aliphatic carbocycles. The van der Waals surface area contributed by atoms with Gasteiger partial charge in [-0.1, -0.05) is 6.07 Å². The zero-order valence-electron chi connectivity index (χ0n) is 12.0. The van der Waals surface area contributed by atoms with Crippen molar-refractivity contribution in [1.82, 2.24) is 9.97 Å². The van der Waals surface area contributed by atoms with Crippen molar-refractivity contribution in [2.45, 2.75) is 6.92 Å². The molecule has 7 nitrogen and oxygen atoms in total. The lowest BCUT2D eigenvalue weighted by atomic mass is 10.1. The summed E-state index contributed by atoms with van der Waals surface area (Å²) in [6.07, 6.45) is 1.30. The van der Waals surface area contributed by atoms with Crippen LogP contribution in [0.15, 0.2) is 29.9 Å². The lowest BCUT2D eigenvalue weighted by Gasteiger charge is -2.09. The number of benzene rings is 1. The maximum atomic E-state index is 12.5. The zero-order valence-corrected chi connectivity index (χ0v) is 12.8. The summed E-state index contributed by atoms with van der Waals surface area (Å²) in [7, 11) is 0. The molecule has 0 atom stereocenters. The molecular formula is C15H12N4O3S. The molecule has 0 spiro atoms. The standard InChI is InChI=1S/C15H12N4O3S/c1-7-2-3-8(15(21)22)4-10(7)19-14(20)9-5-23-12-11(9)17-6-18-13(12)16/h2-6H,1H3,(H,19,20)(H,21,22)(H2,16,17,18). The Bertz CT molecular complexity index is 936. The number of aryl methyl sites for hydroxylation is 1. The minimum atomic E-state index is -1.05. The minimum Gasteiger partial charge on any atom is -0.478 e. The second kappa shape index (κ2) is 5.65. The number of carboxylic acids is 1. The van der Waals surface area contributed by atoms with Crippen molar-refractivity contribution >= 4 is 44.9 Å². The first kappa shape index (κ1) is 14.9. The monoisotopic (exact) mass is 328 g/mol. The van der Waals surface area contributed by atoms with Crippen LogP contribution in [0.1, 0.15) is 26.3 Å². The SMILES string of the molecule is Cc1ccc(C(=O)O)cc1NC(=O)c1csc2c(N)ncnc12. The Labute approximate surface area is 134 Å². The third-order valence-corrected chi connectivity index (χ3v) is 4.35. The van der Waals surface area contributed by atoms with Crippen molar-refractivity contribution in [3.63, 3.8) is 0 Å². The molecule has 23 heavy (non-hydrogen) atoms. The van der Waals surface area contributed by atoms with Gasteiger partial charge in [0.2, 0.25) is 0 Å². The van der Waals surface area contributed by atoms with E-state index in [2.05, 4.69) is 15.3 Å². The summed E-state index contributed by atoms with van der Waals surface area (Å²) < 4.78 is 0.647. The van der Waals surface area contributed by atoms with E-state index < -0.39 is 5.97 Å². The number of thiophene rings is 1. The van der Waals surface area contributed by atoms with Gasteiger partial charge in [0.05, 0.1) is 21.3 Å². The number of carbonyl (C=O) groups excluding carboxylic acids is 1. The van der Waals surface area contributed by atoms with Crippen LogP contribution in [0.3, 0.4) is 0 Å². The number of nitrogens with one attached hydrogen (secondary N) is 1. The van der Waals surface area contributed by atoms with Gasteiger partial charge in [0.25, 0.3) is 5.91 Å². The number of fused-ring (bicyclic) bond motifs is 1. The fourth-order valence-corrected chi connectivity index (χ4v) is 3.01. The number of hydrogen-bond acceptors (Lipinski definition) is 6. The van der Waals surface area contributed by atoms with Crippen LogP contribution < -0.4 is 11.1 Å². The van der Waals surface area contributed by atoms with Crippen molar-refractivity contribution < 1.29 is 14.7 Å². The fraction of sp³-hybridized carbons (Fsp3) is 0.0667. The molecule has 1 aromatic carbocycles. The number of carboxylic acid groups (broad SMARTS) is 1. The lowest BCUT2D eigenvalue weighted by molar-refractivity contribution is 0.0696. The Morgan fingerprint density at radius 2 is 2.09 bits per heavy atom. The summed E-state index contributed by atoms with van der Waals surface area (Å²) in [5.41, 5.74) is 7.92. The Balaban J connectivity index is 1.97. The molecule has 0 saturated carbocycles. The quantitative estimate of drug-likeness (QED) is 0.680. The normalized spacial score (nSPS) is 10.7. The summed E-state index contributed by atoms with van der Waals surface area (Å²) in [4.78, 5) is 31.5. The van der Waals surface area contributed by atoms with Crippen molar-refractivity contribution in [2.75, 3.05) is 11.1 Å². The summed E-state index contributed by atoms with van der Waals surface area (Å²) in [6, 6.07) is 4.56. The number of rotatable bonds is 3. The molecule has 0 aliphatic rings. The van der Waals surface area contributed by atoms with E-state index in [1.54, 1.807) is 18.4 Å². The molecule has 0 fully saturated rings. The van der Waals surface area contributed by atoms with Crippen LogP contribution in [0.5, 0.6) is 0 Å². The van der Waals surface area contributed by atoms with Gasteiger partial charge >= 0.3 is 5.97 Å². The number of anilines is 2. The molecule has 0 unspecified atom stereocenters. The van der Waals surface area contributed by atoms with E-state index in [1.165, 1.54) is 29.8 Å². The van der Waals surface area contributed by atoms with E-state index in [9.17, 15) is 9.59 Å². The van der Waals surface area contributed by atoms with Crippen LogP contribution in [-0.4, -0.2) is 27.0 Å². The van der Waals surface area contributed by atoms with Gasteiger partial charge in [-0.3, -0.25) is 4.79 Å². The van der Waals surface area contributed by atoms with Crippen LogP contribution in [0.25, 0.3) is 10.2 Å². The molecule has 0 radical (unpaired) electrons. The van der Waals surface area contributed by atoms with E-state index in [1.807, 2.05) is 0 Å². The number of carbonyl (C=O) groups is 2. The van der Waals surface area contributed by atoms with Crippen LogP contribution in [0, 0.1) is 6.92 Å². The number of nitrogen functional groups attached to an aromatic ring is 1. The molecule has 2 heterocycles. The van der Waals surface area contributed by atoms with Gasteiger partial charge in [-0.25, -0.2) is 14.8 Å². The highest BCUT2D eigenvalue weighted by molar-refractivity contribution is 7.18. The lowest BCUT2D eigenvalue weighted by Crippen LogP contribution is -2.13. The average Bonchev–Trinajstić information content (AvgIpc) is 2.94. The molecule has 2 aromatic heterocycles. The van der Waals surface area contributed by atoms with E-state index >= 15 is 0 Å². The van der Waals surface area contributed by atoms with Gasteiger partial charge in [0.1, 0.15) is 12.1 Å². The highest BCUT2D eigenvalue weighted by atomic mass is 32.1. The third kappa shape index (κ3) is 2.71. The summed E-state index contributed by atoms with van der Waals surface area (Å²) in [5, 5.41) is 13.4. The second-order valence-electron chi connectivity index (χ2n) is 4.87. The minimum absolute atomic E-state index is 0.104. The predicted octanol–water partition coefficient (Wildman–Crippen LogP) is 2.53. The van der Waals surface area contributed by atoms with Crippen molar-refractivity contribution in [3.8, 4) is 0 Å². The van der Waals surface area contributed by atoms with E-state index in [4.69, 9.17) is 10.8 Å². The van der Waals surface area contributed by atoms with Crippen molar-refractivity contribution in [3.05, 3.63) is 46.6 Å². The maximum Gasteiger partial charge on any atom is 0.335 e. The second-order valence-corrected chi connectivity index (χ2v) is 5.75. The highest BCUT2D eigenvalue weighted by Gasteiger charge is 2.17. The summed E-state index contributed by atoms with van der Waals surface area (Å²) >= 11 is 1.29. The van der Waals surface area contributed by atoms with Gasteiger partial charge in [-0.2, -0.15) is 0 Å². The molecule has 0 aliphatic heterocycles. The largest absolute Gasteiger partial charge is 0.478 e. The molecule has 0 saturated heterocycles. The fourth-order valence-electron chi connectivity index (χ4n) is 2.11. The molecule has 3 rings (SSSR count). The molecule has 0 bridgehead atoms. The van der Waals surface area contributed by atoms with Crippen LogP contribution in [-0.2, 0) is 0 Å². The number of hydrogen-bond donors (Lipinski definition) is 3. The molecule has 8 heteroatoms. The first-order valence-corrected chi connectivity index (χ1v) is 7.48. The number of amides is 1. The number of aromatic carboxylic acids is 1. The van der Waals surface area contributed by atoms with Gasteiger partial charge in [0, 0.05) is 11.1 Å². The van der Waals surface area contributed by atoms with Gasteiger partial charge in [0.15, 0.2) is 0 Å². The van der Waals surface area contributed by atoms with Crippen LogP contribution >= 0.6 is 11.3 Å². The van der Waals surface area contributed by atoms with E-state index in [0.29, 0.717) is 27.3 Å². The topological polar surface area (TPSA) is 118 Å². The molecule has 4 N–H and O–H groups in total. The molecular weight excluding hydrogens is 316 g/mol. The smallest absolute Gasteiger partial charge is 0.335 e. The van der Waals surface area contributed by atoms with Gasteiger partial charge < -0.3 is 16.2 Å². The third-order valence-electron chi connectivity index (χ3n) is 3.36. The first-order valence-electron chi connectivity index (χ1n) is 6.60. The first-order chi connectivity index (χ1) is 11.0. The van der Waals surface area contributed by atoms with Crippen LogP contribution in [0.2, 0.25) is 0 Å². The Kier molecular flexibility index (Phi) is 3.67. The van der Waals surface area contributed by atoms with Gasteiger partial charge in [-0.05, 0) is 24.6 Å². The summed E-state index contributed by atoms with van der Waals surface area (Å²) in [5.74, 6) is -1.11. The van der Waals surface area contributed by atoms with Crippen molar-refractivity contribution in [1.29, 1.82) is 0 Å². The highest BCUT2D eigenvalue weighted by Crippen LogP contribution is 2.28. The van der Waals surface area contributed by atoms with E-state index in [0.717, 1.165) is 5.56 Å². The number of nitrogens with two attached hydrogens (primary N) is 1. The molecule has 116 valence electrons. The Morgan fingerprint density at radius 1 is 1.30 bits per heavy atom. The Hall–Kier alpha value is -3.00. The maximum absolute atomic E-state index is 12.5. The summed E-state index contributed by atoms with van der Waals surface area (Å²) in [6.45, 7) is 1.78. The zero-order chi connectivity index (χ0) is 16.6. The van der Waals surface area contributed by atoms with Crippen LogP contribution in [0.4, 0.5) is 11.5 Å².